The van der Waals surface area contributed by atoms with E-state index in [0.29, 0.717) is 6.04 Å². The van der Waals surface area contributed by atoms with Crippen LogP contribution >= 0.6 is 0 Å². The molecule has 0 saturated heterocycles. The van der Waals surface area contributed by atoms with E-state index in [2.05, 4.69) is 23.3 Å². The summed E-state index contributed by atoms with van der Waals surface area (Å²) in [5.41, 5.74) is 1.05. The van der Waals surface area contributed by atoms with E-state index in [4.69, 9.17) is 4.74 Å². The van der Waals surface area contributed by atoms with Gasteiger partial charge in [-0.2, -0.15) is 0 Å². The molecule has 0 radical (unpaired) electrons. The molecule has 0 amide bonds. The minimum absolute atomic E-state index is 0.156. The van der Waals surface area contributed by atoms with Crippen molar-refractivity contribution in [2.45, 2.75) is 77.9 Å². The molecule has 0 aliphatic heterocycles. The molecule has 2 rings (SSSR count). The Hall–Kier alpha value is -1.25. The van der Waals surface area contributed by atoms with Gasteiger partial charge in [-0.15, -0.1) is 0 Å². The van der Waals surface area contributed by atoms with Gasteiger partial charge < -0.3 is 10.1 Å². The maximum atomic E-state index is 5.80. The zero-order chi connectivity index (χ0) is 15.1. The smallest absolute Gasteiger partial charge is 0.237 e. The van der Waals surface area contributed by atoms with E-state index in [9.17, 15) is 0 Å². The van der Waals surface area contributed by atoms with E-state index in [1.165, 1.54) is 44.9 Å². The van der Waals surface area contributed by atoms with Crippen molar-refractivity contribution in [3.05, 3.63) is 18.3 Å². The molecule has 1 aromatic heterocycles. The Labute approximate surface area is 129 Å². The fourth-order valence-electron chi connectivity index (χ4n) is 3.26. The summed E-state index contributed by atoms with van der Waals surface area (Å²) < 4.78 is 5.80. The van der Waals surface area contributed by atoms with Crippen LogP contribution in [0.5, 0.6) is 5.88 Å². The third-order valence-corrected chi connectivity index (χ3v) is 4.26. The first-order valence-electron chi connectivity index (χ1n) is 8.57. The van der Waals surface area contributed by atoms with Crippen LogP contribution in [-0.2, 0) is 0 Å². The van der Waals surface area contributed by atoms with Crippen molar-refractivity contribution in [1.82, 2.24) is 4.98 Å². The monoisotopic (exact) mass is 290 g/mol. The lowest BCUT2D eigenvalue weighted by atomic mass is 9.95. The fraction of sp³-hybridized carbons (Fsp3) is 0.722. The van der Waals surface area contributed by atoms with Gasteiger partial charge in [-0.1, -0.05) is 32.6 Å². The number of aromatic nitrogens is 1. The second-order valence-corrected chi connectivity index (χ2v) is 6.53. The van der Waals surface area contributed by atoms with Gasteiger partial charge in [-0.25, -0.2) is 4.98 Å². The zero-order valence-electron chi connectivity index (χ0n) is 13.8. The normalized spacial score (nSPS) is 22.9. The molecular formula is C18H30N2O. The first-order valence-corrected chi connectivity index (χ1v) is 8.57. The highest BCUT2D eigenvalue weighted by molar-refractivity contribution is 5.52. The summed E-state index contributed by atoms with van der Waals surface area (Å²) in [6.45, 7) is 6.38. The minimum atomic E-state index is 0.156. The van der Waals surface area contributed by atoms with Crippen molar-refractivity contribution in [3.8, 4) is 5.88 Å². The molecule has 0 bridgehead atoms. The maximum absolute atomic E-state index is 5.80. The molecule has 1 aliphatic rings. The Kier molecular flexibility index (Phi) is 6.34. The summed E-state index contributed by atoms with van der Waals surface area (Å²) in [6, 6.07) is 4.62. The van der Waals surface area contributed by atoms with Gasteiger partial charge in [-0.05, 0) is 51.2 Å². The largest absolute Gasteiger partial charge is 0.473 e. The van der Waals surface area contributed by atoms with Crippen molar-refractivity contribution in [3.63, 3.8) is 0 Å². The lowest BCUT2D eigenvalue weighted by Gasteiger charge is -2.20. The Morgan fingerprint density at radius 2 is 2.14 bits per heavy atom. The van der Waals surface area contributed by atoms with Gasteiger partial charge in [0, 0.05) is 12.2 Å². The van der Waals surface area contributed by atoms with E-state index in [-0.39, 0.29) is 6.10 Å². The number of anilines is 1. The Bertz CT molecular complexity index is 419. The third kappa shape index (κ3) is 5.22. The number of hydrogen-bond acceptors (Lipinski definition) is 3. The average Bonchev–Trinajstić information content (AvgIpc) is 2.67. The molecule has 2 atom stereocenters. The number of hydrogen-bond donors (Lipinski definition) is 1. The van der Waals surface area contributed by atoms with Crippen LogP contribution in [0.2, 0.25) is 0 Å². The van der Waals surface area contributed by atoms with Gasteiger partial charge in [0.05, 0.1) is 11.8 Å². The predicted molar refractivity (Wildman–Crippen MR) is 88.9 cm³/mol. The van der Waals surface area contributed by atoms with E-state index in [1.54, 1.807) is 6.20 Å². The molecule has 1 N–H and O–H groups in total. The highest BCUT2D eigenvalue weighted by atomic mass is 16.5. The molecule has 1 saturated carbocycles. The molecule has 0 aromatic carbocycles. The summed E-state index contributed by atoms with van der Waals surface area (Å²) in [5, 5.41) is 3.67. The van der Waals surface area contributed by atoms with Crippen LogP contribution in [0, 0.1) is 5.92 Å². The minimum Gasteiger partial charge on any atom is -0.473 e. The Morgan fingerprint density at radius 1 is 1.29 bits per heavy atom. The molecule has 3 heteroatoms. The second kappa shape index (κ2) is 8.26. The lowest BCUT2D eigenvalue weighted by molar-refractivity contribution is 0.233. The number of ether oxygens (including phenoxy) is 1. The van der Waals surface area contributed by atoms with Crippen LogP contribution in [0.1, 0.15) is 65.7 Å². The SMILES string of the molecule is CCCC1CCCC(Nc2cccnc2OC(C)C)CC1. The van der Waals surface area contributed by atoms with E-state index in [0.717, 1.165) is 17.5 Å². The van der Waals surface area contributed by atoms with Gasteiger partial charge in [0.25, 0.3) is 0 Å². The van der Waals surface area contributed by atoms with Crippen LogP contribution in [0.25, 0.3) is 0 Å². The van der Waals surface area contributed by atoms with Crippen LogP contribution in [0.3, 0.4) is 0 Å². The summed E-state index contributed by atoms with van der Waals surface area (Å²) in [4.78, 5) is 4.37. The number of pyridine rings is 1. The molecule has 1 aliphatic carbocycles. The molecule has 21 heavy (non-hydrogen) atoms. The van der Waals surface area contributed by atoms with Crippen molar-refractivity contribution in [2.75, 3.05) is 5.32 Å². The van der Waals surface area contributed by atoms with Crippen molar-refractivity contribution < 1.29 is 4.74 Å². The van der Waals surface area contributed by atoms with Crippen LogP contribution < -0.4 is 10.1 Å². The topological polar surface area (TPSA) is 34.2 Å². The number of rotatable bonds is 6. The molecule has 1 heterocycles. The van der Waals surface area contributed by atoms with Gasteiger partial charge >= 0.3 is 0 Å². The summed E-state index contributed by atoms with van der Waals surface area (Å²) >= 11 is 0. The van der Waals surface area contributed by atoms with Crippen LogP contribution in [-0.4, -0.2) is 17.1 Å². The zero-order valence-corrected chi connectivity index (χ0v) is 13.8. The summed E-state index contributed by atoms with van der Waals surface area (Å²) in [5.74, 6) is 1.67. The molecule has 1 fully saturated rings. The number of nitrogens with one attached hydrogen (secondary N) is 1. The molecule has 118 valence electrons. The highest BCUT2D eigenvalue weighted by Crippen LogP contribution is 2.30. The predicted octanol–water partition coefficient (Wildman–Crippen LogP) is 5.03. The van der Waals surface area contributed by atoms with Gasteiger partial charge in [-0.3, -0.25) is 0 Å². The van der Waals surface area contributed by atoms with E-state index >= 15 is 0 Å². The van der Waals surface area contributed by atoms with Crippen molar-refractivity contribution in [2.24, 2.45) is 5.92 Å². The van der Waals surface area contributed by atoms with Gasteiger partial charge in [0.1, 0.15) is 0 Å². The Morgan fingerprint density at radius 3 is 2.90 bits per heavy atom. The highest BCUT2D eigenvalue weighted by Gasteiger charge is 2.19. The Balaban J connectivity index is 1.95. The molecule has 3 nitrogen and oxygen atoms in total. The van der Waals surface area contributed by atoms with E-state index in [1.807, 2.05) is 19.9 Å². The fourth-order valence-corrected chi connectivity index (χ4v) is 3.26. The number of nitrogens with zero attached hydrogens (tertiary/aromatic N) is 1. The van der Waals surface area contributed by atoms with Crippen LogP contribution in [0.15, 0.2) is 18.3 Å². The first-order chi connectivity index (χ1) is 10.2. The standard InChI is InChI=1S/C18H30N2O/c1-4-7-15-8-5-9-16(12-11-15)20-17-10-6-13-19-18(17)21-14(2)3/h6,10,13-16,20H,4-5,7-9,11-12H2,1-3H3. The third-order valence-electron chi connectivity index (χ3n) is 4.26. The quantitative estimate of drug-likeness (QED) is 0.746. The lowest BCUT2D eigenvalue weighted by Crippen LogP contribution is -2.20. The van der Waals surface area contributed by atoms with Gasteiger partial charge in [0.2, 0.25) is 5.88 Å². The second-order valence-electron chi connectivity index (χ2n) is 6.53. The van der Waals surface area contributed by atoms with Crippen molar-refractivity contribution in [1.29, 1.82) is 0 Å². The molecular weight excluding hydrogens is 260 g/mol. The summed E-state index contributed by atoms with van der Waals surface area (Å²) in [6.07, 6.45) is 11.3. The van der Waals surface area contributed by atoms with Crippen molar-refractivity contribution >= 4 is 5.69 Å². The molecule has 2 unspecified atom stereocenters. The summed E-state index contributed by atoms with van der Waals surface area (Å²) in [7, 11) is 0. The molecule has 1 aromatic rings. The first kappa shape index (κ1) is 16.1. The molecule has 0 spiro atoms. The maximum Gasteiger partial charge on any atom is 0.237 e. The average molecular weight is 290 g/mol. The van der Waals surface area contributed by atoms with E-state index < -0.39 is 0 Å². The van der Waals surface area contributed by atoms with Gasteiger partial charge in [0.15, 0.2) is 0 Å². The van der Waals surface area contributed by atoms with Crippen LogP contribution in [0.4, 0.5) is 5.69 Å².